The Labute approximate surface area is 185 Å². The summed E-state index contributed by atoms with van der Waals surface area (Å²) < 4.78 is 11.3. The second-order valence-electron chi connectivity index (χ2n) is 9.04. The second kappa shape index (κ2) is 8.13. The highest BCUT2D eigenvalue weighted by Crippen LogP contribution is 2.42. The minimum atomic E-state index is -0.768. The Morgan fingerprint density at radius 1 is 1.28 bits per heavy atom. The number of aromatic amines is 1. The fraction of sp³-hybridized carbons (Fsp3) is 0.440. The zero-order chi connectivity index (χ0) is 22.3. The lowest BCUT2D eigenvalue weighted by Crippen LogP contribution is -2.41. The molecule has 0 spiro atoms. The first-order chi connectivity index (χ1) is 15.5. The van der Waals surface area contributed by atoms with Gasteiger partial charge in [0, 0.05) is 47.7 Å². The molecule has 1 unspecified atom stereocenters. The number of aromatic nitrogens is 1. The van der Waals surface area contributed by atoms with E-state index in [1.54, 1.807) is 6.92 Å². The SMILES string of the molecule is Cc1cc(=O)c(O)c(C2(CC(=O)NC3CCCc4c3[nH]c3ccccc43)CCOCC2)o1. The highest BCUT2D eigenvalue weighted by atomic mass is 16.5. The third-order valence-electron chi connectivity index (χ3n) is 6.93. The molecule has 3 heterocycles. The minimum absolute atomic E-state index is 0.0892. The van der Waals surface area contributed by atoms with Crippen LogP contribution in [0.2, 0.25) is 0 Å². The van der Waals surface area contributed by atoms with Gasteiger partial charge in [-0.2, -0.15) is 0 Å². The molecule has 1 amide bonds. The number of carbonyl (C=O) groups excluding carboxylic acids is 1. The van der Waals surface area contributed by atoms with Crippen LogP contribution in [0.15, 0.2) is 39.5 Å². The molecular weight excluding hydrogens is 408 g/mol. The van der Waals surface area contributed by atoms with Gasteiger partial charge in [0.2, 0.25) is 17.1 Å². The van der Waals surface area contributed by atoms with Gasteiger partial charge in [-0.25, -0.2) is 0 Å². The van der Waals surface area contributed by atoms with Crippen molar-refractivity contribution in [3.63, 3.8) is 0 Å². The Balaban J connectivity index is 1.43. The van der Waals surface area contributed by atoms with Crippen LogP contribution in [0.3, 0.4) is 0 Å². The largest absolute Gasteiger partial charge is 0.502 e. The molecule has 1 aliphatic carbocycles. The lowest BCUT2D eigenvalue weighted by atomic mass is 9.74. The molecule has 1 saturated heterocycles. The molecule has 2 aromatic heterocycles. The Kier molecular flexibility index (Phi) is 5.29. The Hall–Kier alpha value is -3.06. The van der Waals surface area contributed by atoms with Crippen LogP contribution in [0.1, 0.15) is 60.9 Å². The number of benzene rings is 1. The molecule has 2 aliphatic rings. The molecule has 0 bridgehead atoms. The molecule has 7 heteroatoms. The number of hydrogen-bond acceptors (Lipinski definition) is 5. The predicted octanol–water partition coefficient (Wildman–Crippen LogP) is 3.77. The zero-order valence-electron chi connectivity index (χ0n) is 18.2. The van der Waals surface area contributed by atoms with Crippen molar-refractivity contribution in [3.8, 4) is 5.75 Å². The number of rotatable bonds is 4. The van der Waals surface area contributed by atoms with Crippen molar-refractivity contribution in [3.05, 3.63) is 63.3 Å². The van der Waals surface area contributed by atoms with Gasteiger partial charge in [-0.05, 0) is 50.7 Å². The van der Waals surface area contributed by atoms with Gasteiger partial charge in [0.05, 0.1) is 6.04 Å². The lowest BCUT2D eigenvalue weighted by Gasteiger charge is -2.36. The maximum atomic E-state index is 13.3. The summed E-state index contributed by atoms with van der Waals surface area (Å²) in [5.41, 5.74) is 2.20. The number of nitrogens with one attached hydrogen (secondary N) is 2. The van der Waals surface area contributed by atoms with Gasteiger partial charge in [-0.3, -0.25) is 9.59 Å². The Bertz CT molecular complexity index is 1220. The van der Waals surface area contributed by atoms with Crippen LogP contribution in [-0.4, -0.2) is 29.2 Å². The van der Waals surface area contributed by atoms with Gasteiger partial charge >= 0.3 is 0 Å². The van der Waals surface area contributed by atoms with E-state index >= 15 is 0 Å². The molecule has 168 valence electrons. The molecular formula is C25H28N2O5. The molecule has 1 fully saturated rings. The summed E-state index contributed by atoms with van der Waals surface area (Å²) in [6.07, 6.45) is 4.00. The molecule has 5 rings (SSSR count). The highest BCUT2D eigenvalue weighted by Gasteiger charge is 2.42. The normalized spacial score (nSPS) is 20.1. The van der Waals surface area contributed by atoms with Gasteiger partial charge in [-0.15, -0.1) is 0 Å². The van der Waals surface area contributed by atoms with Crippen LogP contribution in [0, 0.1) is 6.92 Å². The lowest BCUT2D eigenvalue weighted by molar-refractivity contribution is -0.124. The van der Waals surface area contributed by atoms with E-state index in [2.05, 4.69) is 22.4 Å². The standard InChI is InChI=1S/C25H28N2O5/c1-15-13-20(28)23(30)24(32-15)25(9-11-31-12-10-25)14-21(29)26-19-8-4-6-17-16-5-2-3-7-18(16)27-22(17)19/h2-3,5,7,13,19,27,30H,4,6,8-12,14H2,1H3,(H,26,29). The number of carbonyl (C=O) groups is 1. The molecule has 32 heavy (non-hydrogen) atoms. The first-order valence-corrected chi connectivity index (χ1v) is 11.3. The van der Waals surface area contributed by atoms with E-state index in [0.717, 1.165) is 30.5 Å². The first kappa shape index (κ1) is 20.8. The summed E-state index contributed by atoms with van der Waals surface area (Å²) in [4.78, 5) is 29.0. The van der Waals surface area contributed by atoms with Crippen molar-refractivity contribution in [2.45, 2.75) is 56.9 Å². The summed E-state index contributed by atoms with van der Waals surface area (Å²) in [6.45, 7) is 2.57. The van der Waals surface area contributed by atoms with Crippen LogP contribution < -0.4 is 10.7 Å². The number of ether oxygens (including phenoxy) is 1. The number of aromatic hydroxyl groups is 1. The Morgan fingerprint density at radius 3 is 2.88 bits per heavy atom. The third kappa shape index (κ3) is 3.60. The second-order valence-corrected chi connectivity index (χ2v) is 9.04. The summed E-state index contributed by atoms with van der Waals surface area (Å²) in [6, 6.07) is 9.41. The molecule has 0 saturated carbocycles. The van der Waals surface area contributed by atoms with Gasteiger partial charge in [0.1, 0.15) is 5.76 Å². The van der Waals surface area contributed by atoms with Crippen molar-refractivity contribution in [1.29, 1.82) is 0 Å². The van der Waals surface area contributed by atoms with E-state index in [-0.39, 0.29) is 24.1 Å². The summed E-state index contributed by atoms with van der Waals surface area (Å²) in [5, 5.41) is 14.9. The average Bonchev–Trinajstić information content (AvgIpc) is 3.17. The molecule has 3 N–H and O–H groups in total. The fourth-order valence-corrected chi connectivity index (χ4v) is 5.32. The molecule has 1 aliphatic heterocycles. The summed E-state index contributed by atoms with van der Waals surface area (Å²) in [7, 11) is 0. The Morgan fingerprint density at radius 2 is 2.06 bits per heavy atom. The number of para-hydroxylation sites is 1. The van der Waals surface area contributed by atoms with Crippen molar-refractivity contribution < 1.29 is 19.1 Å². The average molecular weight is 437 g/mol. The van der Waals surface area contributed by atoms with E-state index < -0.39 is 16.6 Å². The third-order valence-corrected chi connectivity index (χ3v) is 6.93. The number of fused-ring (bicyclic) bond motifs is 3. The number of amides is 1. The molecule has 0 radical (unpaired) electrons. The topological polar surface area (TPSA) is 105 Å². The number of hydrogen-bond donors (Lipinski definition) is 3. The van der Waals surface area contributed by atoms with Crippen molar-refractivity contribution in [2.24, 2.45) is 0 Å². The predicted molar refractivity (Wildman–Crippen MR) is 120 cm³/mol. The summed E-state index contributed by atoms with van der Waals surface area (Å²) >= 11 is 0. The molecule has 7 nitrogen and oxygen atoms in total. The molecule has 3 aromatic rings. The highest BCUT2D eigenvalue weighted by molar-refractivity contribution is 5.85. The van der Waals surface area contributed by atoms with Gasteiger partial charge in [-0.1, -0.05) is 18.2 Å². The van der Waals surface area contributed by atoms with Crippen molar-refractivity contribution in [2.75, 3.05) is 13.2 Å². The first-order valence-electron chi connectivity index (χ1n) is 11.3. The maximum Gasteiger partial charge on any atom is 0.227 e. The van der Waals surface area contributed by atoms with Crippen LogP contribution in [0.25, 0.3) is 10.9 Å². The quantitative estimate of drug-likeness (QED) is 0.578. The van der Waals surface area contributed by atoms with Gasteiger partial charge in [0.15, 0.2) is 5.76 Å². The molecule has 1 aromatic carbocycles. The van der Waals surface area contributed by atoms with E-state index in [1.807, 2.05) is 12.1 Å². The monoisotopic (exact) mass is 436 g/mol. The zero-order valence-corrected chi connectivity index (χ0v) is 18.2. The van der Waals surface area contributed by atoms with Gasteiger partial charge < -0.3 is 24.6 Å². The summed E-state index contributed by atoms with van der Waals surface area (Å²) in [5.74, 6) is 0.104. The van der Waals surface area contributed by atoms with E-state index in [9.17, 15) is 14.7 Å². The van der Waals surface area contributed by atoms with Crippen LogP contribution in [0.5, 0.6) is 5.75 Å². The number of aryl methyl sites for hydroxylation is 2. The van der Waals surface area contributed by atoms with Crippen molar-refractivity contribution in [1.82, 2.24) is 10.3 Å². The van der Waals surface area contributed by atoms with Crippen LogP contribution >= 0.6 is 0 Å². The van der Waals surface area contributed by atoms with Crippen LogP contribution in [-0.2, 0) is 21.4 Å². The van der Waals surface area contributed by atoms with E-state index in [4.69, 9.17) is 9.15 Å². The number of H-pyrrole nitrogens is 1. The van der Waals surface area contributed by atoms with E-state index in [1.165, 1.54) is 17.0 Å². The fourth-order valence-electron chi connectivity index (χ4n) is 5.32. The van der Waals surface area contributed by atoms with E-state index in [0.29, 0.717) is 31.8 Å². The van der Waals surface area contributed by atoms with Gasteiger partial charge in [0.25, 0.3) is 0 Å². The molecule has 1 atom stereocenters. The van der Waals surface area contributed by atoms with Crippen LogP contribution in [0.4, 0.5) is 0 Å². The maximum absolute atomic E-state index is 13.3. The smallest absolute Gasteiger partial charge is 0.227 e. The minimum Gasteiger partial charge on any atom is -0.502 e. The van der Waals surface area contributed by atoms with Crippen molar-refractivity contribution >= 4 is 16.8 Å².